The van der Waals surface area contributed by atoms with Crippen LogP contribution in [0.3, 0.4) is 0 Å². The highest BCUT2D eigenvalue weighted by Gasteiger charge is 2.39. The van der Waals surface area contributed by atoms with E-state index in [4.69, 9.17) is 14.2 Å². The van der Waals surface area contributed by atoms with Crippen molar-refractivity contribution >= 4 is 5.91 Å². The van der Waals surface area contributed by atoms with Crippen LogP contribution in [0.4, 0.5) is 0 Å². The van der Waals surface area contributed by atoms with Crippen molar-refractivity contribution in [2.45, 2.75) is 38.2 Å². The Balaban J connectivity index is 1.82. The summed E-state index contributed by atoms with van der Waals surface area (Å²) in [5.74, 6) is 1.51. The third-order valence-corrected chi connectivity index (χ3v) is 4.67. The zero-order valence-corrected chi connectivity index (χ0v) is 15.5. The molecule has 2 N–H and O–H groups in total. The molecule has 6 heteroatoms. The summed E-state index contributed by atoms with van der Waals surface area (Å²) in [6.45, 7) is 4.81. The van der Waals surface area contributed by atoms with Crippen molar-refractivity contribution < 1.29 is 19.0 Å². The molecule has 1 aromatic carbocycles. The van der Waals surface area contributed by atoms with Gasteiger partial charge in [0.2, 0.25) is 0 Å². The van der Waals surface area contributed by atoms with Gasteiger partial charge in [-0.3, -0.25) is 4.79 Å². The van der Waals surface area contributed by atoms with E-state index in [0.717, 1.165) is 37.4 Å². The Morgan fingerprint density at radius 1 is 1.24 bits per heavy atom. The first-order valence-electron chi connectivity index (χ1n) is 8.99. The zero-order valence-electron chi connectivity index (χ0n) is 15.5. The van der Waals surface area contributed by atoms with Gasteiger partial charge >= 0.3 is 0 Å². The quantitative estimate of drug-likeness (QED) is 0.666. The van der Waals surface area contributed by atoms with Gasteiger partial charge < -0.3 is 24.8 Å². The Bertz CT molecular complexity index is 556. The van der Waals surface area contributed by atoms with Gasteiger partial charge in [0.25, 0.3) is 5.91 Å². The summed E-state index contributed by atoms with van der Waals surface area (Å²) >= 11 is 0. The third-order valence-electron chi connectivity index (χ3n) is 4.67. The highest BCUT2D eigenvalue weighted by molar-refractivity contribution is 5.85. The second-order valence-electron chi connectivity index (χ2n) is 6.23. The summed E-state index contributed by atoms with van der Waals surface area (Å²) in [5, 5.41) is 6.29. The van der Waals surface area contributed by atoms with Crippen LogP contribution in [0.1, 0.15) is 31.7 Å². The molecule has 1 aliphatic heterocycles. The summed E-state index contributed by atoms with van der Waals surface area (Å²) in [5.41, 5.74) is 0.495. The number of hydrogen-bond acceptors (Lipinski definition) is 5. The maximum atomic E-state index is 12.5. The largest absolute Gasteiger partial charge is 0.493 e. The van der Waals surface area contributed by atoms with Crippen LogP contribution < -0.4 is 20.1 Å². The number of amides is 1. The van der Waals surface area contributed by atoms with Gasteiger partial charge in [-0.25, -0.2) is 0 Å². The predicted molar refractivity (Wildman–Crippen MR) is 97.3 cm³/mol. The second-order valence-corrected chi connectivity index (χ2v) is 6.23. The van der Waals surface area contributed by atoms with E-state index in [1.165, 1.54) is 5.56 Å². The standard InChI is InChI=1S/C19H30N2O4/c1-4-25-17-14-15(7-8-16(17)23-2)6-5-11-21-18(22)19(24-3)9-12-20-13-10-19/h7-8,14,20H,4-6,9-13H2,1-3H3,(H,21,22). The molecule has 1 amide bonds. The van der Waals surface area contributed by atoms with Gasteiger partial charge in [-0.15, -0.1) is 0 Å². The van der Waals surface area contributed by atoms with Gasteiger partial charge in [0.05, 0.1) is 13.7 Å². The lowest BCUT2D eigenvalue weighted by molar-refractivity contribution is -0.146. The van der Waals surface area contributed by atoms with Gasteiger partial charge in [0.1, 0.15) is 5.60 Å². The van der Waals surface area contributed by atoms with Crippen molar-refractivity contribution in [3.63, 3.8) is 0 Å². The lowest BCUT2D eigenvalue weighted by atomic mass is 9.91. The summed E-state index contributed by atoms with van der Waals surface area (Å²) < 4.78 is 16.4. The Morgan fingerprint density at radius 2 is 2.00 bits per heavy atom. The predicted octanol–water partition coefficient (Wildman–Crippen LogP) is 1.91. The van der Waals surface area contributed by atoms with E-state index in [1.54, 1.807) is 14.2 Å². The molecule has 1 heterocycles. The minimum absolute atomic E-state index is 0.00114. The third kappa shape index (κ3) is 5.09. The molecule has 0 bridgehead atoms. The van der Waals surface area contributed by atoms with E-state index in [9.17, 15) is 4.79 Å². The van der Waals surface area contributed by atoms with Crippen LogP contribution in [0.5, 0.6) is 11.5 Å². The average Bonchev–Trinajstić information content (AvgIpc) is 2.66. The maximum absolute atomic E-state index is 12.5. The Labute approximate surface area is 150 Å². The second kappa shape index (κ2) is 9.63. The molecule has 1 fully saturated rings. The van der Waals surface area contributed by atoms with Crippen LogP contribution in [-0.4, -0.2) is 52.0 Å². The van der Waals surface area contributed by atoms with E-state index in [2.05, 4.69) is 10.6 Å². The fourth-order valence-corrected chi connectivity index (χ4v) is 3.15. The van der Waals surface area contributed by atoms with Crippen LogP contribution in [-0.2, 0) is 16.0 Å². The van der Waals surface area contributed by atoms with Gasteiger partial charge in [-0.2, -0.15) is 0 Å². The number of rotatable bonds is 9. The van der Waals surface area contributed by atoms with Crippen molar-refractivity contribution in [2.24, 2.45) is 0 Å². The number of hydrogen-bond donors (Lipinski definition) is 2. The van der Waals surface area contributed by atoms with E-state index in [-0.39, 0.29) is 5.91 Å². The summed E-state index contributed by atoms with van der Waals surface area (Å²) in [6.07, 6.45) is 3.16. The van der Waals surface area contributed by atoms with Crippen LogP contribution in [0.2, 0.25) is 0 Å². The van der Waals surface area contributed by atoms with E-state index in [0.29, 0.717) is 26.0 Å². The molecule has 1 aliphatic rings. The fourth-order valence-electron chi connectivity index (χ4n) is 3.15. The molecule has 0 spiro atoms. The minimum Gasteiger partial charge on any atom is -0.493 e. The highest BCUT2D eigenvalue weighted by atomic mass is 16.5. The summed E-state index contributed by atoms with van der Waals surface area (Å²) in [4.78, 5) is 12.5. The number of benzene rings is 1. The molecular weight excluding hydrogens is 320 g/mol. The zero-order chi connectivity index (χ0) is 18.1. The van der Waals surface area contributed by atoms with Crippen LogP contribution in [0.25, 0.3) is 0 Å². The van der Waals surface area contributed by atoms with Gasteiger partial charge in [0, 0.05) is 13.7 Å². The van der Waals surface area contributed by atoms with Crippen molar-refractivity contribution in [3.8, 4) is 11.5 Å². The van der Waals surface area contributed by atoms with Crippen LogP contribution in [0, 0.1) is 0 Å². The molecule has 6 nitrogen and oxygen atoms in total. The normalized spacial score (nSPS) is 16.3. The molecule has 140 valence electrons. The van der Waals surface area contributed by atoms with Gasteiger partial charge in [-0.05, 0) is 63.4 Å². The number of carbonyl (C=O) groups is 1. The lowest BCUT2D eigenvalue weighted by Crippen LogP contribution is -2.54. The lowest BCUT2D eigenvalue weighted by Gasteiger charge is -2.34. The Kier molecular flexibility index (Phi) is 7.52. The first-order chi connectivity index (χ1) is 12.1. The molecule has 0 radical (unpaired) electrons. The average molecular weight is 350 g/mol. The fraction of sp³-hybridized carbons (Fsp3) is 0.632. The number of nitrogens with one attached hydrogen (secondary N) is 2. The minimum atomic E-state index is -0.673. The van der Waals surface area contributed by atoms with Crippen LogP contribution in [0.15, 0.2) is 18.2 Å². The molecule has 0 saturated carbocycles. The smallest absolute Gasteiger partial charge is 0.252 e. The number of ether oxygens (including phenoxy) is 3. The number of methoxy groups -OCH3 is 2. The van der Waals surface area contributed by atoms with E-state index >= 15 is 0 Å². The van der Waals surface area contributed by atoms with Crippen molar-refractivity contribution in [3.05, 3.63) is 23.8 Å². The molecule has 0 aromatic heterocycles. The number of aryl methyl sites for hydroxylation is 1. The topological polar surface area (TPSA) is 68.8 Å². The first-order valence-corrected chi connectivity index (χ1v) is 8.99. The molecule has 0 aliphatic carbocycles. The molecule has 0 atom stereocenters. The summed E-state index contributed by atoms with van der Waals surface area (Å²) in [6, 6.07) is 5.97. The molecule has 0 unspecified atom stereocenters. The molecular formula is C19H30N2O4. The molecule has 25 heavy (non-hydrogen) atoms. The van der Waals surface area contributed by atoms with E-state index in [1.807, 2.05) is 25.1 Å². The first kappa shape index (κ1) is 19.5. The highest BCUT2D eigenvalue weighted by Crippen LogP contribution is 2.28. The molecule has 1 saturated heterocycles. The van der Waals surface area contributed by atoms with Crippen molar-refractivity contribution in [1.29, 1.82) is 0 Å². The SMILES string of the molecule is CCOc1cc(CCCNC(=O)C2(OC)CCNCC2)ccc1OC. The van der Waals surface area contributed by atoms with Gasteiger partial charge in [-0.1, -0.05) is 6.07 Å². The molecule has 2 rings (SSSR count). The maximum Gasteiger partial charge on any atom is 0.252 e. The van der Waals surface area contributed by atoms with E-state index < -0.39 is 5.60 Å². The van der Waals surface area contributed by atoms with Crippen molar-refractivity contribution in [2.75, 3.05) is 40.5 Å². The Hall–Kier alpha value is -1.79. The number of carbonyl (C=O) groups excluding carboxylic acids is 1. The Morgan fingerprint density at radius 3 is 2.64 bits per heavy atom. The molecule has 1 aromatic rings. The number of piperidine rings is 1. The monoisotopic (exact) mass is 350 g/mol. The van der Waals surface area contributed by atoms with Gasteiger partial charge in [0.15, 0.2) is 11.5 Å². The van der Waals surface area contributed by atoms with Crippen molar-refractivity contribution in [1.82, 2.24) is 10.6 Å². The van der Waals surface area contributed by atoms with Crippen LogP contribution >= 0.6 is 0 Å². The summed E-state index contributed by atoms with van der Waals surface area (Å²) in [7, 11) is 3.26.